The number of methoxy groups -OCH3 is 1. The van der Waals surface area contributed by atoms with Gasteiger partial charge in [0.05, 0.1) is 7.11 Å². The van der Waals surface area contributed by atoms with Crippen molar-refractivity contribution in [1.29, 1.82) is 0 Å². The number of hydrogen-bond donors (Lipinski definition) is 2. The maximum atomic E-state index is 12.1. The van der Waals surface area contributed by atoms with Gasteiger partial charge >= 0.3 is 0 Å². The summed E-state index contributed by atoms with van der Waals surface area (Å²) in [5, 5.41) is 6.13. The molecule has 1 aliphatic rings. The Kier molecular flexibility index (Phi) is 7.05. The number of aliphatic imine (C=N–C) groups is 1. The first-order chi connectivity index (χ1) is 14.1. The van der Waals surface area contributed by atoms with Crippen molar-refractivity contribution in [3.63, 3.8) is 0 Å². The Labute approximate surface area is 172 Å². The molecule has 2 aromatic rings. The van der Waals surface area contributed by atoms with Crippen LogP contribution < -0.4 is 15.4 Å². The Hall–Kier alpha value is -3.09. The van der Waals surface area contributed by atoms with Crippen molar-refractivity contribution in [1.82, 2.24) is 15.2 Å². The van der Waals surface area contributed by atoms with E-state index in [4.69, 9.17) is 4.74 Å². The molecule has 1 saturated heterocycles. The highest BCUT2D eigenvalue weighted by atomic mass is 16.5. The van der Waals surface area contributed by atoms with E-state index < -0.39 is 0 Å². The molecule has 2 heterocycles. The van der Waals surface area contributed by atoms with Crippen molar-refractivity contribution in [2.75, 3.05) is 39.1 Å². The first-order valence-electron chi connectivity index (χ1n) is 9.92. The maximum absolute atomic E-state index is 12.1. The number of pyridine rings is 1. The van der Waals surface area contributed by atoms with E-state index in [2.05, 4.69) is 37.6 Å². The Morgan fingerprint density at radius 1 is 1.28 bits per heavy atom. The Morgan fingerprint density at radius 2 is 2.07 bits per heavy atom. The fraction of sp³-hybridized carbons (Fsp3) is 0.409. The zero-order chi connectivity index (χ0) is 20.6. The molecule has 1 aromatic carbocycles. The number of carbonyl (C=O) groups excluding carboxylic acids is 1. The van der Waals surface area contributed by atoms with Crippen LogP contribution >= 0.6 is 0 Å². The number of rotatable bonds is 6. The molecule has 1 aliphatic heterocycles. The highest BCUT2D eigenvalue weighted by Crippen LogP contribution is 2.28. The maximum Gasteiger partial charge on any atom is 0.227 e. The fourth-order valence-corrected chi connectivity index (χ4v) is 3.54. The molecule has 7 nitrogen and oxygen atoms in total. The summed E-state index contributed by atoms with van der Waals surface area (Å²) in [6, 6.07) is 13.8. The number of hydrogen-bond acceptors (Lipinski definition) is 4. The summed E-state index contributed by atoms with van der Waals surface area (Å²) in [5.41, 5.74) is 2.19. The molecule has 154 valence electrons. The van der Waals surface area contributed by atoms with Crippen molar-refractivity contribution in [2.45, 2.75) is 25.7 Å². The van der Waals surface area contributed by atoms with E-state index in [0.29, 0.717) is 24.7 Å². The van der Waals surface area contributed by atoms with Gasteiger partial charge in [-0.15, -0.1) is 0 Å². The first kappa shape index (κ1) is 20.6. The van der Waals surface area contributed by atoms with Crippen molar-refractivity contribution < 1.29 is 9.53 Å². The third-order valence-corrected chi connectivity index (χ3v) is 5.08. The average Bonchev–Trinajstić information content (AvgIpc) is 3.21. The molecule has 0 aliphatic carbocycles. The third-order valence-electron chi connectivity index (χ3n) is 5.08. The minimum absolute atomic E-state index is 0.0661. The number of ether oxygens (including phenoxy) is 1. The average molecular weight is 396 g/mol. The van der Waals surface area contributed by atoms with Crippen LogP contribution in [0.2, 0.25) is 0 Å². The molecule has 2 N–H and O–H groups in total. The summed E-state index contributed by atoms with van der Waals surface area (Å²) in [7, 11) is 3.46. The standard InChI is InChI=1S/C22H29N5O2/c1-16-5-4-6-20(25-16)26-21(28)11-13-24-22(23-2)27-14-12-18(15-27)17-7-9-19(29-3)10-8-17/h4-10,18H,11-15H2,1-3H3,(H,23,24)(H,25,26,28). The number of benzene rings is 1. The third kappa shape index (κ3) is 5.70. The van der Waals surface area contributed by atoms with Crippen LogP contribution in [0.3, 0.4) is 0 Å². The lowest BCUT2D eigenvalue weighted by Crippen LogP contribution is -2.41. The highest BCUT2D eigenvalue weighted by Gasteiger charge is 2.26. The van der Waals surface area contributed by atoms with Crippen LogP contribution in [0.4, 0.5) is 5.82 Å². The van der Waals surface area contributed by atoms with Gasteiger partial charge < -0.3 is 20.3 Å². The number of guanidine groups is 1. The number of amides is 1. The molecule has 0 radical (unpaired) electrons. The number of aryl methyl sites for hydroxylation is 1. The molecule has 0 saturated carbocycles. The summed E-state index contributed by atoms with van der Waals surface area (Å²) >= 11 is 0. The molecular formula is C22H29N5O2. The van der Waals surface area contributed by atoms with Gasteiger partial charge in [0.15, 0.2) is 5.96 Å². The second kappa shape index (κ2) is 9.91. The predicted molar refractivity (Wildman–Crippen MR) is 116 cm³/mol. The molecule has 1 fully saturated rings. The van der Waals surface area contributed by atoms with Gasteiger partial charge in [0.1, 0.15) is 11.6 Å². The lowest BCUT2D eigenvalue weighted by molar-refractivity contribution is -0.116. The van der Waals surface area contributed by atoms with Crippen LogP contribution in [0, 0.1) is 6.92 Å². The fourth-order valence-electron chi connectivity index (χ4n) is 3.54. The van der Waals surface area contributed by atoms with Gasteiger partial charge in [-0.2, -0.15) is 0 Å². The van der Waals surface area contributed by atoms with Gasteiger partial charge in [-0.25, -0.2) is 4.98 Å². The largest absolute Gasteiger partial charge is 0.497 e. The van der Waals surface area contributed by atoms with E-state index in [-0.39, 0.29) is 5.91 Å². The number of likely N-dealkylation sites (tertiary alicyclic amines) is 1. The molecule has 1 amide bonds. The van der Waals surface area contributed by atoms with E-state index in [1.807, 2.05) is 31.2 Å². The predicted octanol–water partition coefficient (Wildman–Crippen LogP) is 2.79. The lowest BCUT2D eigenvalue weighted by atomic mass is 9.98. The monoisotopic (exact) mass is 395 g/mol. The van der Waals surface area contributed by atoms with Crippen molar-refractivity contribution in [3.8, 4) is 5.75 Å². The SMILES string of the molecule is CN=C(NCCC(=O)Nc1cccc(C)n1)N1CCC(c2ccc(OC)cc2)C1. The van der Waals surface area contributed by atoms with E-state index in [0.717, 1.165) is 36.9 Å². The molecular weight excluding hydrogens is 366 g/mol. The van der Waals surface area contributed by atoms with E-state index in [1.54, 1.807) is 20.2 Å². The molecule has 29 heavy (non-hydrogen) atoms. The number of anilines is 1. The van der Waals surface area contributed by atoms with E-state index in [1.165, 1.54) is 5.56 Å². The van der Waals surface area contributed by atoms with Crippen molar-refractivity contribution in [3.05, 3.63) is 53.7 Å². The number of nitrogens with one attached hydrogen (secondary N) is 2. The smallest absolute Gasteiger partial charge is 0.227 e. The zero-order valence-corrected chi connectivity index (χ0v) is 17.3. The minimum atomic E-state index is -0.0661. The number of aromatic nitrogens is 1. The normalized spacial score (nSPS) is 16.6. The number of carbonyl (C=O) groups is 1. The van der Waals surface area contributed by atoms with Crippen molar-refractivity contribution in [2.24, 2.45) is 4.99 Å². The Bertz CT molecular complexity index is 851. The van der Waals surface area contributed by atoms with Crippen LogP contribution in [0.25, 0.3) is 0 Å². The summed E-state index contributed by atoms with van der Waals surface area (Å²) in [4.78, 5) is 23.1. The second-order valence-corrected chi connectivity index (χ2v) is 7.14. The molecule has 0 spiro atoms. The summed E-state index contributed by atoms with van der Waals surface area (Å²) < 4.78 is 5.24. The minimum Gasteiger partial charge on any atom is -0.497 e. The molecule has 3 rings (SSSR count). The summed E-state index contributed by atoms with van der Waals surface area (Å²) in [5.74, 6) is 2.70. The van der Waals surface area contributed by atoms with Crippen LogP contribution in [0.5, 0.6) is 5.75 Å². The lowest BCUT2D eigenvalue weighted by Gasteiger charge is -2.21. The van der Waals surface area contributed by atoms with Gasteiger partial charge in [0, 0.05) is 44.7 Å². The summed E-state index contributed by atoms with van der Waals surface area (Å²) in [6.07, 6.45) is 1.43. The van der Waals surface area contributed by atoms with Crippen LogP contribution in [-0.4, -0.2) is 55.5 Å². The Morgan fingerprint density at radius 3 is 2.76 bits per heavy atom. The van der Waals surface area contributed by atoms with E-state index >= 15 is 0 Å². The van der Waals surface area contributed by atoms with Gasteiger partial charge in [-0.3, -0.25) is 9.79 Å². The zero-order valence-electron chi connectivity index (χ0n) is 17.3. The van der Waals surface area contributed by atoms with Crippen LogP contribution in [-0.2, 0) is 4.79 Å². The van der Waals surface area contributed by atoms with Gasteiger partial charge in [-0.05, 0) is 43.2 Å². The molecule has 7 heteroatoms. The van der Waals surface area contributed by atoms with E-state index in [9.17, 15) is 4.79 Å². The second-order valence-electron chi connectivity index (χ2n) is 7.14. The van der Waals surface area contributed by atoms with Crippen LogP contribution in [0.15, 0.2) is 47.5 Å². The van der Waals surface area contributed by atoms with Gasteiger partial charge in [-0.1, -0.05) is 18.2 Å². The number of nitrogens with zero attached hydrogens (tertiary/aromatic N) is 3. The first-order valence-corrected chi connectivity index (χ1v) is 9.92. The van der Waals surface area contributed by atoms with Gasteiger partial charge in [0.2, 0.25) is 5.91 Å². The molecule has 1 unspecified atom stereocenters. The molecule has 0 bridgehead atoms. The Balaban J connectivity index is 1.46. The van der Waals surface area contributed by atoms with Crippen molar-refractivity contribution >= 4 is 17.7 Å². The topological polar surface area (TPSA) is 78.8 Å². The quantitative estimate of drug-likeness (QED) is 0.581. The molecule has 1 aromatic heterocycles. The molecule has 1 atom stereocenters. The van der Waals surface area contributed by atoms with Gasteiger partial charge in [0.25, 0.3) is 0 Å². The summed E-state index contributed by atoms with van der Waals surface area (Å²) in [6.45, 7) is 4.27. The van der Waals surface area contributed by atoms with Crippen LogP contribution in [0.1, 0.15) is 30.0 Å². The highest BCUT2D eigenvalue weighted by molar-refractivity contribution is 5.90.